The van der Waals surface area contributed by atoms with Gasteiger partial charge >= 0.3 is 6.18 Å². The molecular weight excluding hydrogens is 317 g/mol. The number of hydrogen-bond acceptors (Lipinski definition) is 2. The molecule has 0 heterocycles. The first kappa shape index (κ1) is 17.6. The quantitative estimate of drug-likeness (QED) is 0.822. The molecular formula is C18H15F3N2O. The van der Waals surface area contributed by atoms with Gasteiger partial charge < -0.3 is 5.32 Å². The van der Waals surface area contributed by atoms with Crippen LogP contribution in [0.15, 0.2) is 54.6 Å². The molecule has 0 saturated heterocycles. The third kappa shape index (κ3) is 4.61. The van der Waals surface area contributed by atoms with E-state index in [2.05, 4.69) is 16.6 Å². The first-order chi connectivity index (χ1) is 11.4. The molecule has 1 amide bonds. The number of carbonyl (C=O) groups is 1. The summed E-state index contributed by atoms with van der Waals surface area (Å²) in [6, 6.07) is 12.5. The van der Waals surface area contributed by atoms with Gasteiger partial charge in [-0.15, -0.1) is 6.42 Å². The zero-order chi connectivity index (χ0) is 17.6. The fourth-order valence-corrected chi connectivity index (χ4v) is 2.16. The second-order valence-corrected chi connectivity index (χ2v) is 5.00. The maximum atomic E-state index is 12.7. The second kappa shape index (κ2) is 7.66. The fraction of sp³-hybridized carbons (Fsp3) is 0.167. The zero-order valence-electron chi connectivity index (χ0n) is 12.6. The van der Waals surface area contributed by atoms with Crippen molar-refractivity contribution in [3.63, 3.8) is 0 Å². The second-order valence-electron chi connectivity index (χ2n) is 5.00. The van der Waals surface area contributed by atoms with E-state index in [1.807, 2.05) is 0 Å². The van der Waals surface area contributed by atoms with Crippen LogP contribution in [0.3, 0.4) is 0 Å². The van der Waals surface area contributed by atoms with Crippen LogP contribution in [0.5, 0.6) is 0 Å². The molecule has 2 aromatic rings. The van der Waals surface area contributed by atoms with Gasteiger partial charge in [-0.3, -0.25) is 10.1 Å². The minimum absolute atomic E-state index is 0.0678. The van der Waals surface area contributed by atoms with Crippen LogP contribution in [0.4, 0.5) is 18.9 Å². The van der Waals surface area contributed by atoms with Gasteiger partial charge in [-0.05, 0) is 23.8 Å². The Balaban J connectivity index is 2.20. The Labute approximate surface area is 137 Å². The Morgan fingerprint density at radius 1 is 1.12 bits per heavy atom. The number of anilines is 1. The van der Waals surface area contributed by atoms with Crippen LogP contribution in [0.25, 0.3) is 0 Å². The molecule has 2 aromatic carbocycles. The van der Waals surface area contributed by atoms with Gasteiger partial charge in [-0.2, -0.15) is 13.2 Å². The van der Waals surface area contributed by atoms with E-state index < -0.39 is 23.7 Å². The van der Waals surface area contributed by atoms with Gasteiger partial charge in [0, 0.05) is 5.69 Å². The van der Waals surface area contributed by atoms with E-state index in [1.54, 1.807) is 30.3 Å². The van der Waals surface area contributed by atoms with Gasteiger partial charge in [-0.25, -0.2) is 0 Å². The van der Waals surface area contributed by atoms with Crippen LogP contribution in [0.2, 0.25) is 0 Å². The number of halogens is 3. The van der Waals surface area contributed by atoms with E-state index in [9.17, 15) is 18.0 Å². The van der Waals surface area contributed by atoms with E-state index in [1.165, 1.54) is 12.1 Å². The molecule has 3 nitrogen and oxygen atoms in total. The molecule has 124 valence electrons. The zero-order valence-corrected chi connectivity index (χ0v) is 12.6. The Morgan fingerprint density at radius 2 is 1.83 bits per heavy atom. The SMILES string of the molecule is C#CCN[C@@H](C(=O)Nc1cccc(C(F)(F)F)c1)c1ccccc1. The number of amides is 1. The number of benzene rings is 2. The molecule has 6 heteroatoms. The Hall–Kier alpha value is -2.78. The van der Waals surface area contributed by atoms with E-state index in [4.69, 9.17) is 6.42 Å². The third-order valence-corrected chi connectivity index (χ3v) is 3.26. The van der Waals surface area contributed by atoms with Gasteiger partial charge in [0.25, 0.3) is 0 Å². The van der Waals surface area contributed by atoms with Gasteiger partial charge in [0.15, 0.2) is 0 Å². The molecule has 0 fully saturated rings. The fourth-order valence-electron chi connectivity index (χ4n) is 2.16. The predicted molar refractivity (Wildman–Crippen MR) is 86.1 cm³/mol. The number of terminal acetylenes is 1. The van der Waals surface area contributed by atoms with Gasteiger partial charge in [0.1, 0.15) is 6.04 Å². The van der Waals surface area contributed by atoms with Crippen LogP contribution in [0, 0.1) is 12.3 Å². The lowest BCUT2D eigenvalue weighted by molar-refractivity contribution is -0.137. The number of alkyl halides is 3. The highest BCUT2D eigenvalue weighted by atomic mass is 19.4. The monoisotopic (exact) mass is 332 g/mol. The van der Waals surface area contributed by atoms with Crippen LogP contribution in [0.1, 0.15) is 17.2 Å². The molecule has 0 aliphatic carbocycles. The summed E-state index contributed by atoms with van der Waals surface area (Å²) >= 11 is 0. The molecule has 24 heavy (non-hydrogen) atoms. The molecule has 0 aliphatic rings. The molecule has 1 atom stereocenters. The van der Waals surface area contributed by atoms with Gasteiger partial charge in [-0.1, -0.05) is 42.3 Å². The highest BCUT2D eigenvalue weighted by Crippen LogP contribution is 2.30. The summed E-state index contributed by atoms with van der Waals surface area (Å²) in [5.41, 5.74) is -0.0939. The molecule has 0 saturated carbocycles. The molecule has 0 aliphatic heterocycles. The van der Waals surface area contributed by atoms with Gasteiger partial charge in [0.05, 0.1) is 12.1 Å². The van der Waals surface area contributed by atoms with E-state index >= 15 is 0 Å². The normalized spacial score (nSPS) is 12.2. The molecule has 0 bridgehead atoms. The standard InChI is InChI=1S/C18H15F3N2O/c1-2-11-22-16(13-7-4-3-5-8-13)17(24)23-15-10-6-9-14(12-15)18(19,20)21/h1,3-10,12,16,22H,11H2,(H,23,24)/t16-/m1/s1. The molecule has 0 unspecified atom stereocenters. The molecule has 0 spiro atoms. The van der Waals surface area contributed by atoms with Crippen LogP contribution in [-0.2, 0) is 11.0 Å². The van der Waals surface area contributed by atoms with Crippen molar-refractivity contribution in [1.82, 2.24) is 5.32 Å². The van der Waals surface area contributed by atoms with E-state index in [0.29, 0.717) is 5.56 Å². The van der Waals surface area contributed by atoms with Crippen molar-refractivity contribution in [3.8, 4) is 12.3 Å². The highest BCUT2D eigenvalue weighted by molar-refractivity contribution is 5.95. The first-order valence-corrected chi connectivity index (χ1v) is 7.11. The Kier molecular flexibility index (Phi) is 5.61. The van der Waals surface area contributed by atoms with Crippen molar-refractivity contribution in [1.29, 1.82) is 0 Å². The topological polar surface area (TPSA) is 41.1 Å². The predicted octanol–water partition coefficient (Wildman–Crippen LogP) is 3.61. The maximum absolute atomic E-state index is 12.7. The number of nitrogens with one attached hydrogen (secondary N) is 2. The molecule has 0 aromatic heterocycles. The summed E-state index contributed by atoms with van der Waals surface area (Å²) in [6.07, 6.45) is 0.735. The lowest BCUT2D eigenvalue weighted by Gasteiger charge is -2.18. The van der Waals surface area contributed by atoms with E-state index in [0.717, 1.165) is 12.1 Å². The summed E-state index contributed by atoms with van der Waals surface area (Å²) in [4.78, 5) is 12.5. The van der Waals surface area contributed by atoms with E-state index in [-0.39, 0.29) is 12.2 Å². The van der Waals surface area contributed by atoms with Gasteiger partial charge in [0.2, 0.25) is 5.91 Å². The molecule has 2 rings (SSSR count). The summed E-state index contributed by atoms with van der Waals surface area (Å²) in [7, 11) is 0. The Bertz CT molecular complexity index is 736. The third-order valence-electron chi connectivity index (χ3n) is 3.26. The molecule has 0 radical (unpaired) electrons. The summed E-state index contributed by atoms with van der Waals surface area (Å²) in [5.74, 6) is 1.89. The van der Waals surface area contributed by atoms with Crippen molar-refractivity contribution in [3.05, 3.63) is 65.7 Å². The summed E-state index contributed by atoms with van der Waals surface area (Å²) in [5, 5.41) is 5.37. The summed E-state index contributed by atoms with van der Waals surface area (Å²) in [6.45, 7) is 0.148. The van der Waals surface area contributed by atoms with Crippen LogP contribution >= 0.6 is 0 Å². The minimum atomic E-state index is -4.47. The van der Waals surface area contributed by atoms with Crippen molar-refractivity contribution in [2.24, 2.45) is 0 Å². The highest BCUT2D eigenvalue weighted by Gasteiger charge is 2.30. The van der Waals surface area contributed by atoms with Crippen molar-refractivity contribution >= 4 is 11.6 Å². The lowest BCUT2D eigenvalue weighted by atomic mass is 10.1. The number of rotatable bonds is 5. The summed E-state index contributed by atoms with van der Waals surface area (Å²) < 4.78 is 38.2. The molecule has 2 N–H and O–H groups in total. The maximum Gasteiger partial charge on any atom is 0.416 e. The van der Waals surface area contributed by atoms with Crippen molar-refractivity contribution in [2.75, 3.05) is 11.9 Å². The average molecular weight is 332 g/mol. The first-order valence-electron chi connectivity index (χ1n) is 7.11. The number of carbonyl (C=O) groups excluding carboxylic acids is 1. The smallest absolute Gasteiger partial charge is 0.324 e. The Morgan fingerprint density at radius 3 is 2.46 bits per heavy atom. The van der Waals surface area contributed by atoms with Crippen LogP contribution < -0.4 is 10.6 Å². The largest absolute Gasteiger partial charge is 0.416 e. The van der Waals surface area contributed by atoms with Crippen molar-refractivity contribution < 1.29 is 18.0 Å². The minimum Gasteiger partial charge on any atom is -0.324 e. The van der Waals surface area contributed by atoms with Crippen molar-refractivity contribution in [2.45, 2.75) is 12.2 Å². The average Bonchev–Trinajstić information content (AvgIpc) is 2.55. The lowest BCUT2D eigenvalue weighted by Crippen LogP contribution is -2.33. The van der Waals surface area contributed by atoms with Crippen LogP contribution in [-0.4, -0.2) is 12.5 Å². The number of hydrogen-bond donors (Lipinski definition) is 2.